The summed E-state index contributed by atoms with van der Waals surface area (Å²) in [6.45, 7) is 0. The Morgan fingerprint density at radius 3 is 1.05 bits per heavy atom. The fourth-order valence-corrected chi connectivity index (χ4v) is 23.6. The maximum absolute atomic E-state index is 2.58. The lowest BCUT2D eigenvalue weighted by atomic mass is 9.78. The highest BCUT2D eigenvalue weighted by Gasteiger charge is 2.47. The van der Waals surface area contributed by atoms with E-state index in [4.69, 9.17) is 0 Å². The van der Waals surface area contributed by atoms with Gasteiger partial charge in [-0.05, 0) is 191 Å². The van der Waals surface area contributed by atoms with Gasteiger partial charge in [-0.3, -0.25) is 0 Å². The van der Waals surface area contributed by atoms with E-state index in [1.165, 1.54) is 224 Å². The molecule has 15 aliphatic rings. The van der Waals surface area contributed by atoms with Gasteiger partial charge in [0.25, 0.3) is 0 Å². The van der Waals surface area contributed by atoms with Gasteiger partial charge in [-0.15, -0.1) is 0 Å². The standard InChI is InChI=1S/5C24H17N/c3*1-3-11-20-16(8-1)18-10-5-6-14-22(18)25-23-15-7-13-19(23)17-9-2-4-12-21(17)24(20)25;2*1-2-11-20-16(8-1)18-9-3-5-14-22(18)25-23-15-6-4-10-19(23)17-12-7-13-21(17)24(20)25/h1-6,8-15,24H,7H2;1-12,14-15,24H,13H2;1-14,24H,15H2;1-11,13-15,24H,12H2;1-12,14-15,24H,13H2. The van der Waals surface area contributed by atoms with Crippen molar-refractivity contribution < 1.29 is 0 Å². The number of fused-ring (bicyclic) bond motifs is 51. The number of anilines is 7. The molecule has 5 unspecified atom stereocenters. The van der Waals surface area contributed by atoms with Gasteiger partial charge in [0.15, 0.2) is 0 Å². The lowest BCUT2D eigenvalue weighted by Gasteiger charge is -2.45. The molecule has 15 aromatic rings. The molecular weight excluding hydrogens is 1510 g/mol. The number of benzene rings is 15. The number of rotatable bonds is 0. The average Bonchev–Trinajstić information content (AvgIpc) is 1.71. The van der Waals surface area contributed by atoms with Gasteiger partial charge in [0.1, 0.15) is 0 Å². The maximum atomic E-state index is 2.58. The molecule has 0 saturated carbocycles. The molecule has 0 aromatic heterocycles. The molecule has 30 rings (SSSR count). The predicted octanol–water partition coefficient (Wildman–Crippen LogP) is 30.4. The zero-order chi connectivity index (χ0) is 81.9. The Morgan fingerprint density at radius 2 is 0.520 bits per heavy atom. The van der Waals surface area contributed by atoms with E-state index in [1.807, 2.05) is 0 Å². The second-order valence-corrected chi connectivity index (χ2v) is 34.6. The van der Waals surface area contributed by atoms with Crippen molar-refractivity contribution in [2.45, 2.75) is 62.3 Å². The van der Waals surface area contributed by atoms with E-state index in [1.54, 1.807) is 0 Å². The Morgan fingerprint density at radius 1 is 0.200 bits per heavy atom. The topological polar surface area (TPSA) is 16.2 Å². The van der Waals surface area contributed by atoms with Gasteiger partial charge in [-0.1, -0.05) is 376 Å². The number of hydrogen-bond donors (Lipinski definition) is 0. The summed E-state index contributed by atoms with van der Waals surface area (Å²) < 4.78 is 0. The largest absolute Gasteiger partial charge is 0.332 e. The molecule has 0 bridgehead atoms. The van der Waals surface area contributed by atoms with Crippen LogP contribution >= 0.6 is 0 Å². The first-order valence-corrected chi connectivity index (χ1v) is 44.5. The monoisotopic (exact) mass is 1600 g/mol. The molecule has 0 spiro atoms. The van der Waals surface area contributed by atoms with E-state index in [-0.39, 0.29) is 24.2 Å². The Hall–Kier alpha value is -15.3. The molecule has 0 amide bonds. The van der Waals surface area contributed by atoms with Gasteiger partial charge >= 0.3 is 0 Å². The zero-order valence-electron chi connectivity index (χ0n) is 69.1. The van der Waals surface area contributed by atoms with Gasteiger partial charge < -0.3 is 24.5 Å². The number of nitrogens with zero attached hydrogens (tertiary/aromatic N) is 5. The minimum Gasteiger partial charge on any atom is -0.332 e. The molecule has 5 nitrogen and oxygen atoms in total. The normalized spacial score (nSPS) is 19.0. The molecule has 0 radical (unpaired) electrons. The summed E-state index contributed by atoms with van der Waals surface area (Å²) >= 11 is 0. The van der Waals surface area contributed by atoms with Gasteiger partial charge in [0.05, 0.1) is 30.2 Å². The summed E-state index contributed by atoms with van der Waals surface area (Å²) in [4.78, 5) is 12.8. The fraction of sp³-hybridized carbons (Fsp3) is 0.0833. The first-order valence-electron chi connectivity index (χ1n) is 44.5. The minimum absolute atomic E-state index is 0.254. The molecule has 10 heterocycles. The summed E-state index contributed by atoms with van der Waals surface area (Å²) in [6, 6.07) is 134. The van der Waals surface area contributed by atoms with E-state index in [2.05, 4.69) is 449 Å². The highest BCUT2D eigenvalue weighted by atomic mass is 15.2. The van der Waals surface area contributed by atoms with Crippen LogP contribution in [0.2, 0.25) is 0 Å². The van der Waals surface area contributed by atoms with Crippen molar-refractivity contribution in [1.29, 1.82) is 0 Å². The molecule has 10 aliphatic heterocycles. The van der Waals surface area contributed by atoms with Crippen LogP contribution in [0.15, 0.2) is 453 Å². The Kier molecular flexibility index (Phi) is 16.4. The predicted molar refractivity (Wildman–Crippen MR) is 518 cm³/mol. The number of allylic oxidation sites excluding steroid dienone is 14. The van der Waals surface area contributed by atoms with E-state index in [0.717, 1.165) is 32.1 Å². The highest BCUT2D eigenvalue weighted by molar-refractivity contribution is 6.03. The first kappa shape index (κ1) is 71.4. The molecule has 0 fully saturated rings. The van der Waals surface area contributed by atoms with Crippen LogP contribution in [0, 0.1) is 0 Å². The number of hydrogen-bond acceptors (Lipinski definition) is 5. The molecule has 5 aliphatic carbocycles. The molecule has 15 aromatic carbocycles. The molecule has 5 atom stereocenters. The Bertz CT molecular complexity index is 7120. The summed E-state index contributed by atoms with van der Waals surface area (Å²) in [7, 11) is 0. The van der Waals surface area contributed by atoms with Crippen molar-refractivity contribution in [2.24, 2.45) is 0 Å². The summed E-state index contributed by atoms with van der Waals surface area (Å²) in [5.74, 6) is 0. The summed E-state index contributed by atoms with van der Waals surface area (Å²) in [6.07, 6.45) is 28.4. The van der Waals surface area contributed by atoms with Crippen molar-refractivity contribution in [2.75, 3.05) is 24.5 Å². The van der Waals surface area contributed by atoms with Gasteiger partial charge in [0.2, 0.25) is 0 Å². The van der Waals surface area contributed by atoms with Crippen molar-refractivity contribution in [3.05, 3.63) is 525 Å². The van der Waals surface area contributed by atoms with Crippen LogP contribution < -0.4 is 24.5 Å². The third-order valence-electron chi connectivity index (χ3n) is 28.5. The third kappa shape index (κ3) is 10.7. The average molecular weight is 1600 g/mol. The van der Waals surface area contributed by atoms with Gasteiger partial charge in [-0.25, -0.2) is 0 Å². The molecule has 0 N–H and O–H groups in total. The van der Waals surface area contributed by atoms with Crippen LogP contribution in [-0.4, -0.2) is 0 Å². The molecule has 125 heavy (non-hydrogen) atoms. The smallest absolute Gasteiger partial charge is 0.0857 e. The molecule has 0 saturated heterocycles. The van der Waals surface area contributed by atoms with Gasteiger partial charge in [-0.2, -0.15) is 0 Å². The Labute approximate surface area is 730 Å². The second kappa shape index (κ2) is 28.7. The van der Waals surface area contributed by atoms with Crippen LogP contribution in [0.5, 0.6) is 0 Å². The second-order valence-electron chi connectivity index (χ2n) is 34.6. The summed E-state index contributed by atoms with van der Waals surface area (Å²) in [5, 5.41) is 0. The van der Waals surface area contributed by atoms with Crippen LogP contribution in [0.1, 0.15) is 135 Å². The van der Waals surface area contributed by atoms with Crippen LogP contribution in [0.25, 0.3) is 83.5 Å². The van der Waals surface area contributed by atoms with Crippen LogP contribution in [-0.2, 0) is 0 Å². The SMILES string of the molecule is C1=C2C(=CC1)N1c3ccccc3-c3ccccc3C1c1ccccc12.C1=CC2=C(C1)C1c3ccccc3-c3ccccc3N1c1ccccc12.C1=CC2=C(C1)N1c3ccccc3-c3ccccc3C1c1ccccc12.C1=CC2=C(C1)c1ccccc1C1c3ccccc3-c3ccccc3N21.C1=CC2=C(C1)c1ccccc1N1c3ccccc3-c3ccccc3C21. The Balaban J connectivity index is 0.0000000833. The highest BCUT2D eigenvalue weighted by Crippen LogP contribution is 2.63. The van der Waals surface area contributed by atoms with Crippen molar-refractivity contribution in [3.63, 3.8) is 0 Å². The zero-order valence-corrected chi connectivity index (χ0v) is 69.1. The minimum atomic E-state index is 0.254. The van der Waals surface area contributed by atoms with E-state index in [0.29, 0.717) is 6.04 Å². The van der Waals surface area contributed by atoms with Crippen LogP contribution in [0.4, 0.5) is 39.8 Å². The van der Waals surface area contributed by atoms with E-state index >= 15 is 0 Å². The van der Waals surface area contributed by atoms with Crippen molar-refractivity contribution in [1.82, 2.24) is 0 Å². The van der Waals surface area contributed by atoms with Gasteiger partial charge in [0, 0.05) is 113 Å². The first-order chi connectivity index (χ1) is 62.2. The van der Waals surface area contributed by atoms with Crippen molar-refractivity contribution >= 4 is 67.7 Å². The molecule has 590 valence electrons. The van der Waals surface area contributed by atoms with E-state index in [9.17, 15) is 0 Å². The van der Waals surface area contributed by atoms with Crippen molar-refractivity contribution in [3.8, 4) is 55.6 Å². The molecular formula is C120H85N5. The lowest BCUT2D eigenvalue weighted by molar-refractivity contribution is 0.751. The quantitative estimate of drug-likeness (QED) is 0.150. The summed E-state index contributed by atoms with van der Waals surface area (Å²) in [5.41, 5.74) is 55.3. The van der Waals surface area contributed by atoms with Crippen LogP contribution in [0.3, 0.4) is 0 Å². The van der Waals surface area contributed by atoms with E-state index < -0.39 is 0 Å². The third-order valence-corrected chi connectivity index (χ3v) is 28.5. The lowest BCUT2D eigenvalue weighted by Crippen LogP contribution is -2.36. The molecule has 5 heteroatoms. The maximum Gasteiger partial charge on any atom is 0.0857 e. The number of para-hydroxylation sites is 7. The fourth-order valence-electron chi connectivity index (χ4n) is 23.6.